The van der Waals surface area contributed by atoms with Gasteiger partial charge >= 0.3 is 7.12 Å². The summed E-state index contributed by atoms with van der Waals surface area (Å²) in [5.74, 6) is 0. The lowest BCUT2D eigenvalue weighted by Gasteiger charge is -2.01. The second-order valence-electron chi connectivity index (χ2n) is 3.52. The minimum absolute atomic E-state index is 0.608. The number of thiophene rings is 1. The smallest absolute Gasteiger partial charge is 0.423 e. The fraction of sp³-hybridized carbons (Fsp3) is 0.200. The molecule has 1 aromatic carbocycles. The van der Waals surface area contributed by atoms with Gasteiger partial charge in [-0.25, -0.2) is 0 Å². The molecule has 2 nitrogen and oxygen atoms in total. The first-order chi connectivity index (χ1) is 6.59. The molecule has 0 amide bonds. The second kappa shape index (κ2) is 3.39. The molecule has 2 rings (SSSR count). The van der Waals surface area contributed by atoms with E-state index in [-0.39, 0.29) is 0 Å². The molecule has 1 aromatic heterocycles. The molecule has 4 heteroatoms. The summed E-state index contributed by atoms with van der Waals surface area (Å²) in [4.78, 5) is 0. The van der Waals surface area contributed by atoms with E-state index in [1.54, 1.807) is 11.3 Å². The number of fused-ring (bicyclic) bond motifs is 1. The molecular weight excluding hydrogens is 195 g/mol. The van der Waals surface area contributed by atoms with Crippen molar-refractivity contribution in [3.05, 3.63) is 28.6 Å². The predicted molar refractivity (Wildman–Crippen MR) is 61.1 cm³/mol. The van der Waals surface area contributed by atoms with Crippen LogP contribution in [0, 0.1) is 13.8 Å². The molecule has 72 valence electrons. The maximum absolute atomic E-state index is 9.15. The first-order valence-corrected chi connectivity index (χ1v) is 5.32. The van der Waals surface area contributed by atoms with Gasteiger partial charge < -0.3 is 10.0 Å². The van der Waals surface area contributed by atoms with Gasteiger partial charge in [-0.2, -0.15) is 0 Å². The van der Waals surface area contributed by atoms with E-state index >= 15 is 0 Å². The molecule has 0 atom stereocenters. The van der Waals surface area contributed by atoms with Gasteiger partial charge in [0.15, 0.2) is 0 Å². The summed E-state index contributed by atoms with van der Waals surface area (Å²) >= 11 is 1.56. The van der Waals surface area contributed by atoms with Gasteiger partial charge in [-0.15, -0.1) is 11.3 Å². The number of benzene rings is 1. The Bertz CT molecular complexity index is 476. The maximum atomic E-state index is 9.15. The Labute approximate surface area is 87.0 Å². The van der Waals surface area contributed by atoms with Crippen LogP contribution in [0.25, 0.3) is 10.1 Å². The minimum Gasteiger partial charge on any atom is -0.423 e. The zero-order valence-corrected chi connectivity index (χ0v) is 8.93. The first-order valence-electron chi connectivity index (χ1n) is 4.44. The topological polar surface area (TPSA) is 40.5 Å². The quantitative estimate of drug-likeness (QED) is 0.688. The summed E-state index contributed by atoms with van der Waals surface area (Å²) in [5.41, 5.74) is 2.95. The number of hydrogen-bond acceptors (Lipinski definition) is 3. The van der Waals surface area contributed by atoms with Crippen LogP contribution in [-0.2, 0) is 0 Å². The lowest BCUT2D eigenvalue weighted by Crippen LogP contribution is -2.28. The average molecular weight is 206 g/mol. The highest BCUT2D eigenvalue weighted by atomic mass is 32.1. The van der Waals surface area contributed by atoms with Gasteiger partial charge in [0.05, 0.1) is 0 Å². The Morgan fingerprint density at radius 2 is 1.93 bits per heavy atom. The van der Waals surface area contributed by atoms with Crippen LogP contribution in [0.1, 0.15) is 11.1 Å². The van der Waals surface area contributed by atoms with E-state index in [2.05, 4.69) is 6.07 Å². The third-order valence-corrected chi connectivity index (χ3v) is 3.46. The van der Waals surface area contributed by atoms with E-state index in [0.29, 0.717) is 5.46 Å². The van der Waals surface area contributed by atoms with Crippen LogP contribution in [0.4, 0.5) is 0 Å². The minimum atomic E-state index is -1.37. The van der Waals surface area contributed by atoms with Crippen molar-refractivity contribution in [2.45, 2.75) is 13.8 Å². The lowest BCUT2D eigenvalue weighted by molar-refractivity contribution is 0.426. The molecule has 0 unspecified atom stereocenters. The van der Waals surface area contributed by atoms with E-state index in [1.165, 1.54) is 5.56 Å². The summed E-state index contributed by atoms with van der Waals surface area (Å²) in [5, 5.41) is 21.1. The standard InChI is InChI=1S/C10H11BO2S/c1-6-3-7(2)10-8(4-6)9(5-14-10)11(12)13/h3-5,12-13H,1-2H3. The Morgan fingerprint density at radius 3 is 2.57 bits per heavy atom. The number of aryl methyl sites for hydroxylation is 2. The molecule has 2 aromatic rings. The van der Waals surface area contributed by atoms with Crippen LogP contribution in [-0.4, -0.2) is 17.2 Å². The van der Waals surface area contributed by atoms with Crippen molar-refractivity contribution in [1.82, 2.24) is 0 Å². The highest BCUT2D eigenvalue weighted by Crippen LogP contribution is 2.24. The fourth-order valence-corrected chi connectivity index (χ4v) is 2.75. The zero-order chi connectivity index (χ0) is 10.3. The largest absolute Gasteiger partial charge is 0.489 e. The molecule has 2 N–H and O–H groups in total. The molecule has 0 saturated heterocycles. The Hall–Kier alpha value is -0.835. The number of hydrogen-bond donors (Lipinski definition) is 2. The molecule has 0 aliphatic rings. The average Bonchev–Trinajstić information content (AvgIpc) is 2.47. The highest BCUT2D eigenvalue weighted by molar-refractivity contribution is 7.18. The monoisotopic (exact) mass is 206 g/mol. The third-order valence-electron chi connectivity index (χ3n) is 2.31. The summed E-state index contributed by atoms with van der Waals surface area (Å²) in [7, 11) is -1.37. The molecule has 0 saturated carbocycles. The van der Waals surface area contributed by atoms with Crippen molar-refractivity contribution in [1.29, 1.82) is 0 Å². The maximum Gasteiger partial charge on any atom is 0.489 e. The van der Waals surface area contributed by atoms with E-state index in [9.17, 15) is 0 Å². The highest BCUT2D eigenvalue weighted by Gasteiger charge is 2.17. The van der Waals surface area contributed by atoms with Crippen molar-refractivity contribution < 1.29 is 10.0 Å². The van der Waals surface area contributed by atoms with E-state index in [4.69, 9.17) is 10.0 Å². The molecule has 0 aliphatic heterocycles. The Morgan fingerprint density at radius 1 is 1.21 bits per heavy atom. The van der Waals surface area contributed by atoms with Crippen LogP contribution in [0.5, 0.6) is 0 Å². The van der Waals surface area contributed by atoms with E-state index < -0.39 is 7.12 Å². The Balaban J connectivity index is 2.78. The van der Waals surface area contributed by atoms with Crippen molar-refractivity contribution in [2.75, 3.05) is 0 Å². The number of rotatable bonds is 1. The van der Waals surface area contributed by atoms with Gasteiger partial charge in [0.2, 0.25) is 0 Å². The van der Waals surface area contributed by atoms with Crippen molar-refractivity contribution >= 4 is 34.0 Å². The molecule has 0 bridgehead atoms. The Kier molecular flexibility index (Phi) is 2.35. The van der Waals surface area contributed by atoms with Crippen LogP contribution in [0.3, 0.4) is 0 Å². The molecular formula is C10H11BO2S. The van der Waals surface area contributed by atoms with Gasteiger partial charge in [-0.1, -0.05) is 17.7 Å². The molecule has 0 fully saturated rings. The first kappa shape index (κ1) is 9.71. The SMILES string of the molecule is Cc1cc(C)c2scc(B(O)O)c2c1. The van der Waals surface area contributed by atoms with E-state index in [1.807, 2.05) is 25.3 Å². The van der Waals surface area contributed by atoms with Gasteiger partial charge in [-0.3, -0.25) is 0 Å². The van der Waals surface area contributed by atoms with Gasteiger partial charge in [0.1, 0.15) is 0 Å². The van der Waals surface area contributed by atoms with Crippen LogP contribution in [0.2, 0.25) is 0 Å². The predicted octanol–water partition coefficient (Wildman–Crippen LogP) is 1.20. The summed E-state index contributed by atoms with van der Waals surface area (Å²) < 4.78 is 1.14. The van der Waals surface area contributed by atoms with E-state index in [0.717, 1.165) is 15.6 Å². The van der Waals surface area contributed by atoms with Crippen molar-refractivity contribution in [3.63, 3.8) is 0 Å². The van der Waals surface area contributed by atoms with Gasteiger partial charge in [0, 0.05) is 10.2 Å². The second-order valence-corrected chi connectivity index (χ2v) is 4.40. The summed E-state index contributed by atoms with van der Waals surface area (Å²) in [6, 6.07) is 4.10. The molecule has 1 heterocycles. The molecule has 14 heavy (non-hydrogen) atoms. The fourth-order valence-electron chi connectivity index (χ4n) is 1.71. The van der Waals surface area contributed by atoms with Crippen molar-refractivity contribution in [2.24, 2.45) is 0 Å². The lowest BCUT2D eigenvalue weighted by atomic mass is 9.80. The molecule has 0 aliphatic carbocycles. The molecule has 0 spiro atoms. The summed E-state index contributed by atoms with van der Waals surface area (Å²) in [6.07, 6.45) is 0. The van der Waals surface area contributed by atoms with Crippen molar-refractivity contribution in [3.8, 4) is 0 Å². The molecule has 0 radical (unpaired) electrons. The van der Waals surface area contributed by atoms with Crippen LogP contribution in [0.15, 0.2) is 17.5 Å². The van der Waals surface area contributed by atoms with Crippen LogP contribution < -0.4 is 5.46 Å². The third kappa shape index (κ3) is 1.45. The zero-order valence-electron chi connectivity index (χ0n) is 8.11. The summed E-state index contributed by atoms with van der Waals surface area (Å²) in [6.45, 7) is 4.05. The van der Waals surface area contributed by atoms with Crippen LogP contribution >= 0.6 is 11.3 Å². The van der Waals surface area contributed by atoms with Gasteiger partial charge in [-0.05, 0) is 30.2 Å². The van der Waals surface area contributed by atoms with Gasteiger partial charge in [0.25, 0.3) is 0 Å². The normalized spacial score (nSPS) is 10.9.